The first-order valence-electron chi connectivity index (χ1n) is 6.41. The average molecular weight is 222 g/mol. The molecule has 0 aromatic heterocycles. The van der Waals surface area contributed by atoms with Gasteiger partial charge in [-0.25, -0.2) is 0 Å². The van der Waals surface area contributed by atoms with Crippen molar-refractivity contribution in [3.05, 3.63) is 24.3 Å². The molecule has 0 amide bonds. The summed E-state index contributed by atoms with van der Waals surface area (Å²) in [7, 11) is 0. The summed E-state index contributed by atoms with van der Waals surface area (Å²) in [5.74, 6) is 0.650. The summed E-state index contributed by atoms with van der Waals surface area (Å²) >= 11 is 0. The molecule has 92 valence electrons. The zero-order valence-corrected chi connectivity index (χ0v) is 11.3. The standard InChI is InChI=1S/C15H26O/c1-6-15(5)11-10-14(16-15)13(4)9-7-8-12(2)3/h6,8,13-14H,1,7,9-11H2,2-5H3. The van der Waals surface area contributed by atoms with E-state index in [4.69, 9.17) is 4.74 Å². The van der Waals surface area contributed by atoms with Crippen molar-refractivity contribution in [1.29, 1.82) is 0 Å². The normalized spacial score (nSPS) is 31.1. The molecule has 1 heterocycles. The fourth-order valence-electron chi connectivity index (χ4n) is 2.26. The lowest BCUT2D eigenvalue weighted by Gasteiger charge is -2.24. The van der Waals surface area contributed by atoms with Gasteiger partial charge in [-0.3, -0.25) is 0 Å². The van der Waals surface area contributed by atoms with Crippen LogP contribution in [-0.2, 0) is 4.74 Å². The van der Waals surface area contributed by atoms with Crippen molar-refractivity contribution in [3.8, 4) is 0 Å². The summed E-state index contributed by atoms with van der Waals surface area (Å²) in [6, 6.07) is 0. The van der Waals surface area contributed by atoms with Crippen LogP contribution in [0.25, 0.3) is 0 Å². The lowest BCUT2D eigenvalue weighted by Crippen LogP contribution is -2.25. The van der Waals surface area contributed by atoms with Crippen LogP contribution in [0.4, 0.5) is 0 Å². The second kappa shape index (κ2) is 5.67. The highest BCUT2D eigenvalue weighted by molar-refractivity contribution is 5.00. The number of hydrogen-bond acceptors (Lipinski definition) is 1. The Bertz CT molecular complexity index is 263. The van der Waals surface area contributed by atoms with Gasteiger partial charge in [0.05, 0.1) is 11.7 Å². The van der Waals surface area contributed by atoms with Gasteiger partial charge in [0, 0.05) is 0 Å². The Morgan fingerprint density at radius 1 is 1.56 bits per heavy atom. The highest BCUT2D eigenvalue weighted by Gasteiger charge is 2.35. The molecule has 1 fully saturated rings. The molecule has 3 unspecified atom stereocenters. The fourth-order valence-corrected chi connectivity index (χ4v) is 2.26. The van der Waals surface area contributed by atoms with Crippen molar-refractivity contribution in [2.75, 3.05) is 0 Å². The summed E-state index contributed by atoms with van der Waals surface area (Å²) < 4.78 is 6.08. The van der Waals surface area contributed by atoms with Crippen LogP contribution in [0.3, 0.4) is 0 Å². The van der Waals surface area contributed by atoms with E-state index in [9.17, 15) is 0 Å². The molecule has 0 saturated carbocycles. The largest absolute Gasteiger partial charge is 0.368 e. The Balaban J connectivity index is 2.36. The molecule has 1 nitrogen and oxygen atoms in total. The molecule has 0 aromatic carbocycles. The number of ether oxygens (including phenoxy) is 1. The zero-order valence-electron chi connectivity index (χ0n) is 11.3. The smallest absolute Gasteiger partial charge is 0.0836 e. The Labute approximate surface area is 101 Å². The maximum atomic E-state index is 6.08. The molecule has 0 bridgehead atoms. The molecule has 0 N–H and O–H groups in total. The highest BCUT2D eigenvalue weighted by atomic mass is 16.5. The van der Waals surface area contributed by atoms with Crippen LogP contribution in [0.5, 0.6) is 0 Å². The van der Waals surface area contributed by atoms with Crippen molar-refractivity contribution in [2.24, 2.45) is 5.92 Å². The first kappa shape index (κ1) is 13.5. The third-order valence-corrected chi connectivity index (χ3v) is 3.59. The molecule has 0 aliphatic carbocycles. The van der Waals surface area contributed by atoms with E-state index >= 15 is 0 Å². The minimum absolute atomic E-state index is 0.0740. The molecule has 0 spiro atoms. The monoisotopic (exact) mass is 222 g/mol. The second-order valence-electron chi connectivity index (χ2n) is 5.55. The van der Waals surface area contributed by atoms with E-state index in [1.165, 1.54) is 24.8 Å². The van der Waals surface area contributed by atoms with E-state index in [-0.39, 0.29) is 5.60 Å². The number of rotatable bonds is 5. The summed E-state index contributed by atoms with van der Waals surface area (Å²) in [6.07, 6.45) is 9.39. The Kier molecular flexibility index (Phi) is 4.79. The predicted octanol–water partition coefficient (Wildman–Crippen LogP) is 4.49. The van der Waals surface area contributed by atoms with E-state index in [1.807, 2.05) is 6.08 Å². The van der Waals surface area contributed by atoms with Crippen LogP contribution in [0.15, 0.2) is 24.3 Å². The third-order valence-electron chi connectivity index (χ3n) is 3.59. The van der Waals surface area contributed by atoms with E-state index in [0.717, 1.165) is 6.42 Å². The molecule has 16 heavy (non-hydrogen) atoms. The maximum absolute atomic E-state index is 6.08. The predicted molar refractivity (Wildman–Crippen MR) is 70.5 cm³/mol. The van der Waals surface area contributed by atoms with Crippen molar-refractivity contribution in [1.82, 2.24) is 0 Å². The summed E-state index contributed by atoms with van der Waals surface area (Å²) in [4.78, 5) is 0. The third kappa shape index (κ3) is 3.79. The topological polar surface area (TPSA) is 9.23 Å². The maximum Gasteiger partial charge on any atom is 0.0836 e. The number of hydrogen-bond donors (Lipinski definition) is 0. The van der Waals surface area contributed by atoms with E-state index in [0.29, 0.717) is 12.0 Å². The van der Waals surface area contributed by atoms with Gasteiger partial charge in [0.25, 0.3) is 0 Å². The van der Waals surface area contributed by atoms with Gasteiger partial charge in [0.2, 0.25) is 0 Å². The van der Waals surface area contributed by atoms with Crippen molar-refractivity contribution in [2.45, 2.75) is 65.1 Å². The molecule has 0 aromatic rings. The van der Waals surface area contributed by atoms with E-state index in [2.05, 4.69) is 40.3 Å². The molecule has 1 aliphatic rings. The van der Waals surface area contributed by atoms with Crippen LogP contribution in [0.1, 0.15) is 53.4 Å². The second-order valence-corrected chi connectivity index (χ2v) is 5.55. The summed E-state index contributed by atoms with van der Waals surface area (Å²) in [6.45, 7) is 12.6. The van der Waals surface area contributed by atoms with Crippen molar-refractivity contribution in [3.63, 3.8) is 0 Å². The molecule has 3 atom stereocenters. The quantitative estimate of drug-likeness (QED) is 0.623. The SMILES string of the molecule is C=CC1(C)CCC(C(C)CCC=C(C)C)O1. The average Bonchev–Trinajstić information content (AvgIpc) is 2.61. The van der Waals surface area contributed by atoms with Crippen LogP contribution < -0.4 is 0 Å². The summed E-state index contributed by atoms with van der Waals surface area (Å²) in [5, 5.41) is 0. The first-order valence-corrected chi connectivity index (χ1v) is 6.41. The van der Waals surface area contributed by atoms with Crippen LogP contribution in [0, 0.1) is 5.92 Å². The Morgan fingerprint density at radius 3 is 2.75 bits per heavy atom. The van der Waals surface area contributed by atoms with Gasteiger partial charge >= 0.3 is 0 Å². The van der Waals surface area contributed by atoms with Crippen LogP contribution >= 0.6 is 0 Å². The van der Waals surface area contributed by atoms with Gasteiger partial charge < -0.3 is 4.74 Å². The zero-order chi connectivity index (χ0) is 12.2. The van der Waals surface area contributed by atoms with E-state index in [1.54, 1.807) is 0 Å². The Morgan fingerprint density at radius 2 is 2.25 bits per heavy atom. The molecule has 1 aliphatic heterocycles. The van der Waals surface area contributed by atoms with Crippen LogP contribution in [0.2, 0.25) is 0 Å². The van der Waals surface area contributed by atoms with Gasteiger partial charge in [-0.2, -0.15) is 0 Å². The van der Waals surface area contributed by atoms with Gasteiger partial charge in [-0.05, 0) is 52.4 Å². The highest BCUT2D eigenvalue weighted by Crippen LogP contribution is 2.35. The lowest BCUT2D eigenvalue weighted by molar-refractivity contribution is -0.0210. The van der Waals surface area contributed by atoms with Gasteiger partial charge in [-0.15, -0.1) is 6.58 Å². The van der Waals surface area contributed by atoms with Crippen molar-refractivity contribution < 1.29 is 4.74 Å². The Hall–Kier alpha value is -0.560. The summed E-state index contributed by atoms with van der Waals surface area (Å²) in [5.41, 5.74) is 1.34. The van der Waals surface area contributed by atoms with Crippen LogP contribution in [-0.4, -0.2) is 11.7 Å². The van der Waals surface area contributed by atoms with Crippen molar-refractivity contribution >= 4 is 0 Å². The lowest BCUT2D eigenvalue weighted by atomic mass is 9.95. The molecular formula is C15H26O. The molecular weight excluding hydrogens is 196 g/mol. The van der Waals surface area contributed by atoms with Gasteiger partial charge in [-0.1, -0.05) is 24.6 Å². The van der Waals surface area contributed by atoms with Gasteiger partial charge in [0.1, 0.15) is 0 Å². The molecule has 1 saturated heterocycles. The molecule has 0 radical (unpaired) electrons. The van der Waals surface area contributed by atoms with E-state index < -0.39 is 0 Å². The fraction of sp³-hybridized carbons (Fsp3) is 0.733. The minimum Gasteiger partial charge on any atom is -0.368 e. The molecule has 1 heteroatoms. The number of allylic oxidation sites excluding steroid dienone is 2. The van der Waals surface area contributed by atoms with Gasteiger partial charge in [0.15, 0.2) is 0 Å². The first-order chi connectivity index (χ1) is 7.47. The minimum atomic E-state index is -0.0740. The molecule has 1 rings (SSSR count).